The van der Waals surface area contributed by atoms with Crippen LogP contribution in [0.5, 0.6) is 0 Å². The summed E-state index contributed by atoms with van der Waals surface area (Å²) in [4.78, 5) is 24.3. The molecule has 110 valence electrons. The molecule has 0 aliphatic carbocycles. The number of benzene rings is 1. The maximum absolute atomic E-state index is 13.7. The summed E-state index contributed by atoms with van der Waals surface area (Å²) in [5.41, 5.74) is 0.300. The lowest BCUT2D eigenvalue weighted by Crippen LogP contribution is -2.45. The van der Waals surface area contributed by atoms with Crippen molar-refractivity contribution in [1.82, 2.24) is 10.2 Å². The molecule has 1 aromatic carbocycles. The number of carbonyl (C=O) groups is 2. The van der Waals surface area contributed by atoms with Crippen LogP contribution in [-0.4, -0.2) is 37.1 Å². The first kappa shape index (κ1) is 16.4. The molecule has 0 radical (unpaired) electrons. The average Bonchev–Trinajstić information content (AvgIpc) is 2.41. The van der Waals surface area contributed by atoms with Crippen LogP contribution in [-0.2, 0) is 16.1 Å². The highest BCUT2D eigenvalue weighted by Crippen LogP contribution is 2.21. The van der Waals surface area contributed by atoms with Gasteiger partial charge in [0, 0.05) is 17.1 Å². The maximum atomic E-state index is 13.7. The zero-order chi connectivity index (χ0) is 15.3. The normalized spacial score (nSPS) is 12.1. The lowest BCUT2D eigenvalue weighted by molar-refractivity contribution is -0.124. The third kappa shape index (κ3) is 4.18. The van der Waals surface area contributed by atoms with Crippen molar-refractivity contribution in [3.05, 3.63) is 34.6 Å². The van der Waals surface area contributed by atoms with Crippen LogP contribution >= 0.6 is 11.6 Å². The summed E-state index contributed by atoms with van der Waals surface area (Å²) in [7, 11) is 2.79. The van der Waals surface area contributed by atoms with Gasteiger partial charge in [-0.15, -0.1) is 0 Å². The highest BCUT2D eigenvalue weighted by atomic mass is 35.5. The minimum atomic E-state index is -0.834. The van der Waals surface area contributed by atoms with Crippen molar-refractivity contribution in [3.63, 3.8) is 0 Å². The van der Waals surface area contributed by atoms with E-state index in [0.29, 0.717) is 5.56 Å². The summed E-state index contributed by atoms with van der Waals surface area (Å²) in [6, 6.07) is 3.74. The number of hydrogen-bond donors (Lipinski definition) is 1. The average molecular weight is 303 g/mol. The standard InChI is InChI=1S/C13H16ClFN2O3/c1-8(12(18)16-13(19)20-3)17(2)7-9-10(14)5-4-6-11(9)15/h4-6,8H,7H2,1-3H3,(H,16,18,19)/t8-/m1/s1. The molecule has 1 N–H and O–H groups in total. The van der Waals surface area contributed by atoms with E-state index in [2.05, 4.69) is 10.1 Å². The Hall–Kier alpha value is -1.66. The highest BCUT2D eigenvalue weighted by Gasteiger charge is 2.22. The van der Waals surface area contributed by atoms with Crippen LogP contribution in [0.25, 0.3) is 0 Å². The first-order valence-electron chi connectivity index (χ1n) is 5.88. The molecule has 1 rings (SSSR count). The number of hydrogen-bond acceptors (Lipinski definition) is 4. The second kappa shape index (κ2) is 7.21. The van der Waals surface area contributed by atoms with E-state index in [0.717, 1.165) is 7.11 Å². The number of alkyl carbamates (subject to hydrolysis) is 1. The maximum Gasteiger partial charge on any atom is 0.413 e. The molecule has 1 aromatic rings. The molecule has 0 unspecified atom stereocenters. The lowest BCUT2D eigenvalue weighted by atomic mass is 10.1. The first-order valence-corrected chi connectivity index (χ1v) is 6.26. The molecule has 0 heterocycles. The van der Waals surface area contributed by atoms with Crippen LogP contribution in [0.3, 0.4) is 0 Å². The molecular formula is C13H16ClFN2O3. The lowest BCUT2D eigenvalue weighted by Gasteiger charge is -2.23. The fourth-order valence-corrected chi connectivity index (χ4v) is 1.75. The summed E-state index contributed by atoms with van der Waals surface area (Å²) in [5, 5.41) is 2.35. The van der Waals surface area contributed by atoms with Crippen LogP contribution in [0.2, 0.25) is 5.02 Å². The van der Waals surface area contributed by atoms with E-state index < -0.39 is 23.9 Å². The van der Waals surface area contributed by atoms with Gasteiger partial charge in [0.2, 0.25) is 5.91 Å². The van der Waals surface area contributed by atoms with Gasteiger partial charge in [0.05, 0.1) is 13.2 Å². The van der Waals surface area contributed by atoms with Gasteiger partial charge < -0.3 is 4.74 Å². The first-order chi connectivity index (χ1) is 9.36. The topological polar surface area (TPSA) is 58.6 Å². The predicted octanol–water partition coefficient (Wildman–Crippen LogP) is 2.18. The number of likely N-dealkylation sites (N-methyl/N-ethyl adjacent to an activating group) is 1. The number of carbonyl (C=O) groups excluding carboxylic acids is 2. The van der Waals surface area contributed by atoms with E-state index in [4.69, 9.17) is 11.6 Å². The molecule has 2 amide bonds. The van der Waals surface area contributed by atoms with E-state index in [-0.39, 0.29) is 11.6 Å². The van der Waals surface area contributed by atoms with Gasteiger partial charge in [-0.05, 0) is 26.1 Å². The Morgan fingerprint density at radius 3 is 2.70 bits per heavy atom. The SMILES string of the molecule is COC(=O)NC(=O)[C@@H](C)N(C)Cc1c(F)cccc1Cl. The molecule has 0 saturated carbocycles. The molecule has 1 atom stereocenters. The van der Waals surface area contributed by atoms with Gasteiger partial charge in [0.15, 0.2) is 0 Å². The molecular weight excluding hydrogens is 287 g/mol. The molecule has 0 fully saturated rings. The van der Waals surface area contributed by atoms with E-state index in [1.807, 2.05) is 0 Å². The Balaban J connectivity index is 2.73. The van der Waals surface area contributed by atoms with Crippen LogP contribution in [0, 0.1) is 5.82 Å². The Morgan fingerprint density at radius 2 is 2.15 bits per heavy atom. The summed E-state index contributed by atoms with van der Waals surface area (Å²) in [5.74, 6) is -0.975. The van der Waals surface area contributed by atoms with Crippen molar-refractivity contribution in [3.8, 4) is 0 Å². The second-order valence-corrected chi connectivity index (χ2v) is 4.68. The van der Waals surface area contributed by atoms with Gasteiger partial charge in [-0.2, -0.15) is 0 Å². The number of halogens is 2. The Kier molecular flexibility index (Phi) is 5.91. The Bertz CT molecular complexity index is 490. The molecule has 0 spiro atoms. The quantitative estimate of drug-likeness (QED) is 0.926. The Labute approximate surface area is 121 Å². The van der Waals surface area contributed by atoms with E-state index in [9.17, 15) is 14.0 Å². The molecule has 20 heavy (non-hydrogen) atoms. The van der Waals surface area contributed by atoms with Gasteiger partial charge in [-0.25, -0.2) is 9.18 Å². The van der Waals surface area contributed by atoms with E-state index >= 15 is 0 Å². The van der Waals surface area contributed by atoms with Crippen molar-refractivity contribution in [2.75, 3.05) is 14.2 Å². The van der Waals surface area contributed by atoms with Crippen molar-refractivity contribution >= 4 is 23.6 Å². The number of imide groups is 1. The van der Waals surface area contributed by atoms with Crippen molar-refractivity contribution in [2.24, 2.45) is 0 Å². The number of rotatable bonds is 4. The molecule has 0 aromatic heterocycles. The number of methoxy groups -OCH3 is 1. The molecule has 7 heteroatoms. The molecule has 0 bridgehead atoms. The highest BCUT2D eigenvalue weighted by molar-refractivity contribution is 6.31. The van der Waals surface area contributed by atoms with E-state index in [1.54, 1.807) is 24.9 Å². The van der Waals surface area contributed by atoms with E-state index in [1.165, 1.54) is 12.1 Å². The number of amides is 2. The van der Waals surface area contributed by atoms with Gasteiger partial charge in [0.25, 0.3) is 0 Å². The zero-order valence-corrected chi connectivity index (χ0v) is 12.2. The third-order valence-corrected chi connectivity index (χ3v) is 3.27. The molecule has 5 nitrogen and oxygen atoms in total. The molecule has 0 saturated heterocycles. The molecule has 0 aliphatic rings. The van der Waals surface area contributed by atoms with Gasteiger partial charge in [-0.1, -0.05) is 17.7 Å². The summed E-state index contributed by atoms with van der Waals surface area (Å²) < 4.78 is 18.0. The fraction of sp³-hybridized carbons (Fsp3) is 0.385. The summed E-state index contributed by atoms with van der Waals surface area (Å²) in [6.07, 6.45) is -0.834. The minimum Gasteiger partial charge on any atom is -0.453 e. The van der Waals surface area contributed by atoms with Crippen LogP contribution < -0.4 is 5.32 Å². The van der Waals surface area contributed by atoms with Crippen LogP contribution in [0.15, 0.2) is 18.2 Å². The number of ether oxygens (including phenoxy) is 1. The minimum absolute atomic E-state index is 0.140. The second-order valence-electron chi connectivity index (χ2n) is 4.27. The Morgan fingerprint density at radius 1 is 1.50 bits per heavy atom. The zero-order valence-electron chi connectivity index (χ0n) is 11.4. The van der Waals surface area contributed by atoms with Crippen LogP contribution in [0.1, 0.15) is 12.5 Å². The monoisotopic (exact) mass is 302 g/mol. The van der Waals surface area contributed by atoms with Gasteiger partial charge in [0.1, 0.15) is 5.82 Å². The van der Waals surface area contributed by atoms with Crippen molar-refractivity contribution in [1.29, 1.82) is 0 Å². The molecule has 0 aliphatic heterocycles. The summed E-state index contributed by atoms with van der Waals surface area (Å²) in [6.45, 7) is 1.73. The summed E-state index contributed by atoms with van der Waals surface area (Å²) >= 11 is 5.92. The predicted molar refractivity (Wildman–Crippen MR) is 72.9 cm³/mol. The largest absolute Gasteiger partial charge is 0.453 e. The van der Waals surface area contributed by atoms with Gasteiger partial charge >= 0.3 is 6.09 Å². The third-order valence-electron chi connectivity index (χ3n) is 2.92. The van der Waals surface area contributed by atoms with Crippen molar-refractivity contribution < 1.29 is 18.7 Å². The fourth-order valence-electron chi connectivity index (χ4n) is 1.53. The number of nitrogens with one attached hydrogen (secondary N) is 1. The van der Waals surface area contributed by atoms with Crippen LogP contribution in [0.4, 0.5) is 9.18 Å². The smallest absolute Gasteiger partial charge is 0.413 e. The van der Waals surface area contributed by atoms with Crippen molar-refractivity contribution in [2.45, 2.75) is 19.5 Å². The van der Waals surface area contributed by atoms with Gasteiger partial charge in [-0.3, -0.25) is 15.0 Å². The number of nitrogens with zero attached hydrogens (tertiary/aromatic N) is 1.